The standard InChI is InChI=1S/C15H20FN/c16-15-7-2-1-4-12(15)8-11-5-3-6-13-9-17-10-14(11)13/h1-2,4,7,11,13-14,17H,3,5-6,8-10H2. The topological polar surface area (TPSA) is 12.0 Å². The number of halogens is 1. The number of hydrogen-bond acceptors (Lipinski definition) is 1. The van der Waals surface area contributed by atoms with Gasteiger partial charge in [0.1, 0.15) is 5.82 Å². The van der Waals surface area contributed by atoms with E-state index in [9.17, 15) is 4.39 Å². The molecular formula is C15H20FN. The molecule has 3 atom stereocenters. The molecule has 0 spiro atoms. The zero-order chi connectivity index (χ0) is 11.7. The van der Waals surface area contributed by atoms with Gasteiger partial charge in [0.2, 0.25) is 0 Å². The lowest BCUT2D eigenvalue weighted by molar-refractivity contribution is 0.197. The first-order valence-corrected chi connectivity index (χ1v) is 6.78. The molecular weight excluding hydrogens is 213 g/mol. The molecule has 1 aromatic rings. The van der Waals surface area contributed by atoms with Crippen LogP contribution in [0.4, 0.5) is 4.39 Å². The Morgan fingerprint density at radius 2 is 2.06 bits per heavy atom. The third kappa shape index (κ3) is 2.23. The van der Waals surface area contributed by atoms with Gasteiger partial charge in [0.15, 0.2) is 0 Å². The van der Waals surface area contributed by atoms with Crippen LogP contribution in [-0.2, 0) is 6.42 Å². The van der Waals surface area contributed by atoms with Gasteiger partial charge in [0, 0.05) is 0 Å². The maximum absolute atomic E-state index is 13.7. The van der Waals surface area contributed by atoms with Gasteiger partial charge in [-0.15, -0.1) is 0 Å². The number of nitrogens with one attached hydrogen (secondary N) is 1. The molecule has 2 aliphatic rings. The fraction of sp³-hybridized carbons (Fsp3) is 0.600. The van der Waals surface area contributed by atoms with Crippen LogP contribution in [0.1, 0.15) is 24.8 Å². The first-order chi connectivity index (χ1) is 8.34. The van der Waals surface area contributed by atoms with Crippen LogP contribution in [0, 0.1) is 23.6 Å². The average molecular weight is 233 g/mol. The van der Waals surface area contributed by atoms with E-state index in [-0.39, 0.29) is 5.82 Å². The molecule has 3 unspecified atom stereocenters. The Bertz CT molecular complexity index is 390. The summed E-state index contributed by atoms with van der Waals surface area (Å²) in [6.07, 6.45) is 4.89. The second kappa shape index (κ2) is 4.77. The molecule has 1 nitrogen and oxygen atoms in total. The number of hydrogen-bond donors (Lipinski definition) is 1. The molecule has 1 N–H and O–H groups in total. The monoisotopic (exact) mass is 233 g/mol. The molecule has 1 aromatic carbocycles. The van der Waals surface area contributed by atoms with Gasteiger partial charge in [-0.1, -0.05) is 24.6 Å². The minimum atomic E-state index is -0.0272. The SMILES string of the molecule is Fc1ccccc1CC1CCCC2CNCC21. The number of benzene rings is 1. The van der Waals surface area contributed by atoms with Crippen molar-refractivity contribution in [3.63, 3.8) is 0 Å². The third-order valence-corrected chi connectivity index (χ3v) is 4.59. The minimum Gasteiger partial charge on any atom is -0.316 e. The average Bonchev–Trinajstić information content (AvgIpc) is 2.81. The van der Waals surface area contributed by atoms with E-state index in [1.54, 1.807) is 12.1 Å². The Kier molecular flexibility index (Phi) is 3.15. The van der Waals surface area contributed by atoms with Gasteiger partial charge < -0.3 is 5.32 Å². The molecule has 0 radical (unpaired) electrons. The highest BCUT2D eigenvalue weighted by Gasteiger charge is 2.36. The Hall–Kier alpha value is -0.890. The molecule has 0 bridgehead atoms. The molecule has 1 saturated carbocycles. The normalized spacial score (nSPS) is 32.4. The van der Waals surface area contributed by atoms with Crippen molar-refractivity contribution in [1.82, 2.24) is 5.32 Å². The Morgan fingerprint density at radius 3 is 2.94 bits per heavy atom. The van der Waals surface area contributed by atoms with Crippen molar-refractivity contribution in [2.24, 2.45) is 17.8 Å². The van der Waals surface area contributed by atoms with Crippen molar-refractivity contribution < 1.29 is 4.39 Å². The quantitative estimate of drug-likeness (QED) is 0.828. The van der Waals surface area contributed by atoms with Gasteiger partial charge in [-0.3, -0.25) is 0 Å². The van der Waals surface area contributed by atoms with Gasteiger partial charge in [0.05, 0.1) is 0 Å². The van der Waals surface area contributed by atoms with Crippen LogP contribution in [-0.4, -0.2) is 13.1 Å². The molecule has 1 heterocycles. The second-order valence-electron chi connectivity index (χ2n) is 5.57. The molecule has 1 aliphatic carbocycles. The Balaban J connectivity index is 1.74. The van der Waals surface area contributed by atoms with E-state index < -0.39 is 0 Å². The summed E-state index contributed by atoms with van der Waals surface area (Å²) < 4.78 is 13.7. The summed E-state index contributed by atoms with van der Waals surface area (Å²) >= 11 is 0. The molecule has 0 amide bonds. The van der Waals surface area contributed by atoms with Crippen LogP contribution in [0.15, 0.2) is 24.3 Å². The van der Waals surface area contributed by atoms with Crippen molar-refractivity contribution in [3.05, 3.63) is 35.6 Å². The highest BCUT2D eigenvalue weighted by Crippen LogP contribution is 2.38. The summed E-state index contributed by atoms with van der Waals surface area (Å²) in [7, 11) is 0. The van der Waals surface area contributed by atoms with Crippen molar-refractivity contribution in [2.75, 3.05) is 13.1 Å². The van der Waals surface area contributed by atoms with Crippen LogP contribution in [0.3, 0.4) is 0 Å². The van der Waals surface area contributed by atoms with Crippen LogP contribution >= 0.6 is 0 Å². The molecule has 0 aromatic heterocycles. The van der Waals surface area contributed by atoms with Gasteiger partial charge in [-0.05, 0) is 61.7 Å². The van der Waals surface area contributed by atoms with E-state index in [1.165, 1.54) is 25.8 Å². The third-order valence-electron chi connectivity index (χ3n) is 4.59. The van der Waals surface area contributed by atoms with Crippen molar-refractivity contribution >= 4 is 0 Å². The highest BCUT2D eigenvalue weighted by molar-refractivity contribution is 5.18. The van der Waals surface area contributed by atoms with E-state index >= 15 is 0 Å². The van der Waals surface area contributed by atoms with Crippen molar-refractivity contribution in [3.8, 4) is 0 Å². The molecule has 1 saturated heterocycles. The van der Waals surface area contributed by atoms with E-state index in [1.807, 2.05) is 12.1 Å². The summed E-state index contributed by atoms with van der Waals surface area (Å²) in [5.41, 5.74) is 0.907. The second-order valence-corrected chi connectivity index (χ2v) is 5.57. The predicted octanol–water partition coefficient (Wildman–Crippen LogP) is 3.00. The molecule has 92 valence electrons. The minimum absolute atomic E-state index is 0.0272. The molecule has 17 heavy (non-hydrogen) atoms. The highest BCUT2D eigenvalue weighted by atomic mass is 19.1. The predicted molar refractivity (Wildman–Crippen MR) is 67.3 cm³/mol. The van der Waals surface area contributed by atoms with E-state index in [0.29, 0.717) is 5.92 Å². The van der Waals surface area contributed by atoms with E-state index in [0.717, 1.165) is 30.4 Å². The zero-order valence-corrected chi connectivity index (χ0v) is 10.2. The maximum Gasteiger partial charge on any atom is 0.126 e. The molecule has 2 heteroatoms. The lowest BCUT2D eigenvalue weighted by atomic mass is 9.71. The fourth-order valence-corrected chi connectivity index (χ4v) is 3.68. The zero-order valence-electron chi connectivity index (χ0n) is 10.2. The summed E-state index contributed by atoms with van der Waals surface area (Å²) in [6.45, 7) is 2.32. The largest absolute Gasteiger partial charge is 0.316 e. The van der Waals surface area contributed by atoms with Crippen molar-refractivity contribution in [2.45, 2.75) is 25.7 Å². The summed E-state index contributed by atoms with van der Waals surface area (Å²) in [5, 5.41) is 3.50. The summed E-state index contributed by atoms with van der Waals surface area (Å²) in [6, 6.07) is 7.26. The Morgan fingerprint density at radius 1 is 1.18 bits per heavy atom. The molecule has 1 aliphatic heterocycles. The van der Waals surface area contributed by atoms with E-state index in [2.05, 4.69) is 5.32 Å². The molecule has 3 rings (SSSR count). The summed E-state index contributed by atoms with van der Waals surface area (Å²) in [4.78, 5) is 0. The van der Waals surface area contributed by atoms with Gasteiger partial charge in [-0.2, -0.15) is 0 Å². The van der Waals surface area contributed by atoms with Crippen LogP contribution in [0.2, 0.25) is 0 Å². The smallest absolute Gasteiger partial charge is 0.126 e. The lowest BCUT2D eigenvalue weighted by Gasteiger charge is -2.33. The molecule has 2 fully saturated rings. The van der Waals surface area contributed by atoms with Crippen LogP contribution < -0.4 is 5.32 Å². The first kappa shape index (κ1) is 11.2. The van der Waals surface area contributed by atoms with Crippen LogP contribution in [0.5, 0.6) is 0 Å². The van der Waals surface area contributed by atoms with Gasteiger partial charge >= 0.3 is 0 Å². The number of rotatable bonds is 2. The van der Waals surface area contributed by atoms with E-state index in [4.69, 9.17) is 0 Å². The lowest BCUT2D eigenvalue weighted by Crippen LogP contribution is -2.28. The van der Waals surface area contributed by atoms with Gasteiger partial charge in [-0.25, -0.2) is 4.39 Å². The summed E-state index contributed by atoms with van der Waals surface area (Å²) in [5.74, 6) is 2.28. The number of fused-ring (bicyclic) bond motifs is 1. The maximum atomic E-state index is 13.7. The first-order valence-electron chi connectivity index (χ1n) is 6.78. The Labute approximate surface area is 102 Å². The fourth-order valence-electron chi connectivity index (χ4n) is 3.68. The van der Waals surface area contributed by atoms with Crippen molar-refractivity contribution in [1.29, 1.82) is 0 Å². The van der Waals surface area contributed by atoms with Gasteiger partial charge in [0.25, 0.3) is 0 Å². The van der Waals surface area contributed by atoms with Crippen LogP contribution in [0.25, 0.3) is 0 Å².